The van der Waals surface area contributed by atoms with Gasteiger partial charge >= 0.3 is 0 Å². The fraction of sp³-hybridized carbons (Fsp3) is 0.478. The van der Waals surface area contributed by atoms with Gasteiger partial charge in [0.25, 0.3) is 0 Å². The van der Waals surface area contributed by atoms with Crippen molar-refractivity contribution in [3.8, 4) is 11.5 Å². The van der Waals surface area contributed by atoms with Gasteiger partial charge in [0.1, 0.15) is 11.5 Å². The molecule has 2 N–H and O–H groups in total. The number of halogens is 1. The second-order valence-corrected chi connectivity index (χ2v) is 7.61. The van der Waals surface area contributed by atoms with Gasteiger partial charge in [0.15, 0.2) is 0 Å². The van der Waals surface area contributed by atoms with Crippen LogP contribution in [-0.4, -0.2) is 24.8 Å². The van der Waals surface area contributed by atoms with Crippen molar-refractivity contribution in [2.75, 3.05) is 19.7 Å². The van der Waals surface area contributed by atoms with E-state index < -0.39 is 0 Å². The molecular formula is C23H32ClNO2. The lowest BCUT2D eigenvalue weighted by molar-refractivity contribution is 0.275. The molecule has 2 unspecified atom stereocenters. The molecule has 0 heterocycles. The minimum atomic E-state index is 0.251. The Bertz CT molecular complexity index is 660. The molecule has 27 heavy (non-hydrogen) atoms. The van der Waals surface area contributed by atoms with Crippen LogP contribution in [0.15, 0.2) is 48.5 Å². The Labute approximate surface area is 168 Å². The van der Waals surface area contributed by atoms with Crippen molar-refractivity contribution in [2.45, 2.75) is 39.5 Å². The van der Waals surface area contributed by atoms with Crippen LogP contribution >= 0.6 is 11.6 Å². The predicted octanol–water partition coefficient (Wildman–Crippen LogP) is 5.70. The Morgan fingerprint density at radius 3 is 2.59 bits per heavy atom. The number of aryl methyl sites for hydroxylation is 1. The highest BCUT2D eigenvalue weighted by molar-refractivity contribution is 6.30. The van der Waals surface area contributed by atoms with Gasteiger partial charge in [-0.25, -0.2) is 0 Å². The van der Waals surface area contributed by atoms with E-state index in [1.807, 2.05) is 30.3 Å². The second kappa shape index (κ2) is 12.0. The molecule has 2 aromatic carbocycles. The van der Waals surface area contributed by atoms with Crippen molar-refractivity contribution in [1.82, 2.24) is 5.32 Å². The first-order valence-corrected chi connectivity index (χ1v) is 10.3. The van der Waals surface area contributed by atoms with Gasteiger partial charge in [-0.2, -0.15) is 0 Å². The van der Waals surface area contributed by atoms with Crippen molar-refractivity contribution in [3.05, 3.63) is 59.1 Å². The summed E-state index contributed by atoms with van der Waals surface area (Å²) in [7, 11) is 0. The Hall–Kier alpha value is -1.55. The van der Waals surface area contributed by atoms with Crippen molar-refractivity contribution in [2.24, 2.45) is 11.8 Å². The molecule has 4 heteroatoms. The molecule has 2 aromatic rings. The van der Waals surface area contributed by atoms with E-state index in [2.05, 4.69) is 37.4 Å². The molecule has 0 saturated carbocycles. The third-order valence-corrected chi connectivity index (χ3v) is 5.37. The first-order chi connectivity index (χ1) is 13.1. The number of rotatable bonds is 12. The Balaban J connectivity index is 1.91. The van der Waals surface area contributed by atoms with E-state index in [0.29, 0.717) is 16.9 Å². The van der Waals surface area contributed by atoms with Gasteiger partial charge in [-0.15, -0.1) is 0 Å². The van der Waals surface area contributed by atoms with Gasteiger partial charge in [0, 0.05) is 11.6 Å². The lowest BCUT2D eigenvalue weighted by atomic mass is 9.86. The van der Waals surface area contributed by atoms with Crippen LogP contribution in [0.2, 0.25) is 5.02 Å². The lowest BCUT2D eigenvalue weighted by Crippen LogP contribution is -2.28. The molecule has 2 atom stereocenters. The summed E-state index contributed by atoms with van der Waals surface area (Å²) in [5.41, 5.74) is 1.30. The maximum absolute atomic E-state index is 8.93. The van der Waals surface area contributed by atoms with Gasteiger partial charge < -0.3 is 15.2 Å². The van der Waals surface area contributed by atoms with Crippen molar-refractivity contribution in [3.63, 3.8) is 0 Å². The number of aliphatic hydroxyl groups is 1. The first kappa shape index (κ1) is 21.7. The quantitative estimate of drug-likeness (QED) is 0.457. The minimum Gasteiger partial charge on any atom is -0.457 e. The molecule has 0 aliphatic heterocycles. The molecule has 0 aromatic heterocycles. The highest BCUT2D eigenvalue weighted by Gasteiger charge is 2.15. The summed E-state index contributed by atoms with van der Waals surface area (Å²) >= 11 is 5.93. The highest BCUT2D eigenvalue weighted by atomic mass is 35.5. The molecule has 148 valence electrons. The summed E-state index contributed by atoms with van der Waals surface area (Å²) in [6, 6.07) is 15.8. The zero-order valence-corrected chi connectivity index (χ0v) is 17.2. The monoisotopic (exact) mass is 389 g/mol. The standard InChI is InChI=1S/C23H32ClNO2/c1-3-18(2)20(17-25-14-5-15-26)9-8-19-6-4-7-23(16-19)27-22-12-10-21(24)11-13-22/h4,6-7,10-13,16,18,20,25-26H,3,5,8-9,14-15,17H2,1-2H3. The predicted molar refractivity (Wildman–Crippen MR) is 114 cm³/mol. The molecule has 0 spiro atoms. The molecular weight excluding hydrogens is 358 g/mol. The third kappa shape index (κ3) is 7.92. The maximum Gasteiger partial charge on any atom is 0.127 e. The van der Waals surface area contributed by atoms with Crippen LogP contribution in [0, 0.1) is 11.8 Å². The van der Waals surface area contributed by atoms with E-state index in [1.165, 1.54) is 12.0 Å². The molecule has 3 nitrogen and oxygen atoms in total. The molecule has 2 rings (SSSR count). The van der Waals surface area contributed by atoms with E-state index >= 15 is 0 Å². The van der Waals surface area contributed by atoms with E-state index in [9.17, 15) is 0 Å². The van der Waals surface area contributed by atoms with Crippen LogP contribution in [0.25, 0.3) is 0 Å². The minimum absolute atomic E-state index is 0.251. The molecule has 0 radical (unpaired) electrons. The Morgan fingerprint density at radius 2 is 1.89 bits per heavy atom. The number of benzene rings is 2. The summed E-state index contributed by atoms with van der Waals surface area (Å²) in [5, 5.41) is 13.1. The summed E-state index contributed by atoms with van der Waals surface area (Å²) in [5.74, 6) is 2.97. The molecule has 0 aliphatic rings. The van der Waals surface area contributed by atoms with Gasteiger partial charge in [-0.1, -0.05) is 44.0 Å². The van der Waals surface area contributed by atoms with Crippen LogP contribution in [-0.2, 0) is 6.42 Å². The number of ether oxygens (including phenoxy) is 1. The number of aliphatic hydroxyl groups excluding tert-OH is 1. The summed E-state index contributed by atoms with van der Waals surface area (Å²) in [6.45, 7) is 6.73. The molecule has 0 amide bonds. The maximum atomic E-state index is 8.93. The van der Waals surface area contributed by atoms with Gasteiger partial charge in [0.2, 0.25) is 0 Å². The number of hydrogen-bond donors (Lipinski definition) is 2. The summed E-state index contributed by atoms with van der Waals surface area (Å²) in [4.78, 5) is 0. The Kier molecular flexibility index (Phi) is 9.68. The Morgan fingerprint density at radius 1 is 1.11 bits per heavy atom. The van der Waals surface area contributed by atoms with Crippen molar-refractivity contribution in [1.29, 1.82) is 0 Å². The smallest absolute Gasteiger partial charge is 0.127 e. The second-order valence-electron chi connectivity index (χ2n) is 7.17. The van der Waals surface area contributed by atoms with Crippen molar-refractivity contribution < 1.29 is 9.84 Å². The van der Waals surface area contributed by atoms with Crippen LogP contribution in [0.3, 0.4) is 0 Å². The van der Waals surface area contributed by atoms with E-state index in [1.54, 1.807) is 0 Å². The summed E-state index contributed by atoms with van der Waals surface area (Å²) < 4.78 is 5.95. The zero-order chi connectivity index (χ0) is 19.5. The van der Waals surface area contributed by atoms with Crippen molar-refractivity contribution >= 4 is 11.6 Å². The number of hydrogen-bond acceptors (Lipinski definition) is 3. The van der Waals surface area contributed by atoms with Crippen LogP contribution in [0.4, 0.5) is 0 Å². The van der Waals surface area contributed by atoms with Gasteiger partial charge in [0.05, 0.1) is 0 Å². The SMILES string of the molecule is CCC(C)C(CCc1cccc(Oc2ccc(Cl)cc2)c1)CNCCCO. The molecule has 0 saturated heterocycles. The topological polar surface area (TPSA) is 41.5 Å². The summed E-state index contributed by atoms with van der Waals surface area (Å²) in [6.07, 6.45) is 4.18. The van der Waals surface area contributed by atoms with Crippen LogP contribution in [0.5, 0.6) is 11.5 Å². The average molecular weight is 390 g/mol. The molecule has 0 fully saturated rings. The van der Waals surface area contributed by atoms with Gasteiger partial charge in [-0.3, -0.25) is 0 Å². The fourth-order valence-corrected chi connectivity index (χ4v) is 3.29. The largest absolute Gasteiger partial charge is 0.457 e. The van der Waals surface area contributed by atoms with Gasteiger partial charge in [-0.05, 0) is 86.1 Å². The lowest BCUT2D eigenvalue weighted by Gasteiger charge is -2.23. The molecule has 0 bridgehead atoms. The fourth-order valence-electron chi connectivity index (χ4n) is 3.17. The van der Waals surface area contributed by atoms with E-state index in [-0.39, 0.29) is 6.61 Å². The highest BCUT2D eigenvalue weighted by Crippen LogP contribution is 2.26. The van der Waals surface area contributed by atoms with Crippen LogP contribution < -0.4 is 10.1 Å². The van der Waals surface area contributed by atoms with E-state index in [0.717, 1.165) is 43.9 Å². The third-order valence-electron chi connectivity index (χ3n) is 5.12. The molecule has 0 aliphatic carbocycles. The normalized spacial score (nSPS) is 13.3. The van der Waals surface area contributed by atoms with E-state index in [4.69, 9.17) is 21.4 Å². The van der Waals surface area contributed by atoms with Crippen LogP contribution in [0.1, 0.15) is 38.7 Å². The first-order valence-electron chi connectivity index (χ1n) is 9.96. The zero-order valence-electron chi connectivity index (χ0n) is 16.5. The average Bonchev–Trinajstić information content (AvgIpc) is 2.69. The number of nitrogens with one attached hydrogen (secondary N) is 1.